The molecule has 0 aliphatic rings. The van der Waals surface area contributed by atoms with Crippen LogP contribution in [0.3, 0.4) is 0 Å². The zero-order chi connectivity index (χ0) is 9.49. The Bertz CT molecular complexity index is 98.9. The Labute approximate surface area is 69.6 Å². The van der Waals surface area contributed by atoms with Gasteiger partial charge in [-0.15, -0.1) is 0 Å². The molecule has 0 unspecified atom stereocenters. The van der Waals surface area contributed by atoms with Crippen molar-refractivity contribution in [3.63, 3.8) is 0 Å². The first kappa shape index (κ1) is 13.7. The summed E-state index contributed by atoms with van der Waals surface area (Å²) in [5.74, 6) is 0. The summed E-state index contributed by atoms with van der Waals surface area (Å²) in [6, 6.07) is 0. The minimum atomic E-state index is -2.12. The van der Waals surface area contributed by atoms with Gasteiger partial charge < -0.3 is 13.5 Å². The van der Waals surface area contributed by atoms with Crippen LogP contribution in [0.4, 0.5) is 0 Å². The van der Waals surface area contributed by atoms with E-state index in [1.54, 1.807) is 0 Å². The molecule has 0 fully saturated rings. The number of hydrogen-bond donors (Lipinski definition) is 0. The molecule has 5 heteroatoms. The van der Waals surface area contributed by atoms with E-state index in [0.29, 0.717) is 0 Å². The van der Waals surface area contributed by atoms with Crippen molar-refractivity contribution in [3.8, 4) is 0 Å². The Balaban J connectivity index is 0. The summed E-state index contributed by atoms with van der Waals surface area (Å²) in [4.78, 5) is 0. The van der Waals surface area contributed by atoms with Gasteiger partial charge in [0.15, 0.2) is 0 Å². The van der Waals surface area contributed by atoms with Crippen LogP contribution < -0.4 is 0 Å². The van der Waals surface area contributed by atoms with Crippen LogP contribution in [0.5, 0.6) is 0 Å². The lowest BCUT2D eigenvalue weighted by atomic mass is 10.8. The van der Waals surface area contributed by atoms with Crippen LogP contribution in [0.25, 0.3) is 0 Å². The van der Waals surface area contributed by atoms with Crippen LogP contribution in [0, 0.1) is 0 Å². The van der Waals surface area contributed by atoms with Crippen molar-refractivity contribution < 1.29 is 18.1 Å². The topological polar surface area (TPSA) is 35.5 Å². The van der Waals surface area contributed by atoms with Crippen molar-refractivity contribution in [1.29, 1.82) is 0 Å². The lowest BCUT2D eigenvalue weighted by Crippen LogP contribution is -2.27. The molecule has 11 heavy (non-hydrogen) atoms. The second-order valence-electron chi connectivity index (χ2n) is 3.34. The minimum Gasteiger partial charge on any atom is -0.333 e. The fourth-order valence-corrected chi connectivity index (χ4v) is 0.250. The Morgan fingerprint density at radius 2 is 1.18 bits per heavy atom. The van der Waals surface area contributed by atoms with E-state index < -0.39 is 8.25 Å². The SMILES string of the molecule is CO[PH](=O)OC.C[N+](C)(C)C. The maximum Gasteiger partial charge on any atom is 0.318 e. The third-order valence-electron chi connectivity index (χ3n) is 0.333. The number of quaternary nitrogens is 1. The molecular weight excluding hydrogens is 165 g/mol. The van der Waals surface area contributed by atoms with E-state index in [0.717, 1.165) is 4.48 Å². The molecule has 0 aromatic rings. The monoisotopic (exact) mass is 184 g/mol. The highest BCUT2D eigenvalue weighted by molar-refractivity contribution is 7.33. The van der Waals surface area contributed by atoms with Crippen molar-refractivity contribution in [2.45, 2.75) is 0 Å². The van der Waals surface area contributed by atoms with Gasteiger partial charge in [-0.2, -0.15) is 0 Å². The van der Waals surface area contributed by atoms with Gasteiger partial charge in [-0.3, -0.25) is 4.57 Å². The quantitative estimate of drug-likeness (QED) is 0.474. The average Bonchev–Trinajstić information content (AvgIpc) is 1.83. The maximum absolute atomic E-state index is 9.92. The molecule has 0 radical (unpaired) electrons. The molecule has 0 bridgehead atoms. The van der Waals surface area contributed by atoms with Gasteiger partial charge in [0, 0.05) is 14.2 Å². The number of rotatable bonds is 2. The predicted octanol–water partition coefficient (Wildman–Crippen LogP) is 0.991. The zero-order valence-corrected chi connectivity index (χ0v) is 9.17. The second-order valence-corrected chi connectivity index (χ2v) is 4.66. The first-order valence-corrected chi connectivity index (χ1v) is 4.44. The van der Waals surface area contributed by atoms with Gasteiger partial charge in [0.25, 0.3) is 0 Å². The van der Waals surface area contributed by atoms with Gasteiger partial charge in [-0.25, -0.2) is 0 Å². The highest BCUT2D eigenvalue weighted by atomic mass is 31.1. The van der Waals surface area contributed by atoms with Crippen LogP contribution in [0.1, 0.15) is 0 Å². The van der Waals surface area contributed by atoms with E-state index in [9.17, 15) is 4.57 Å². The van der Waals surface area contributed by atoms with Gasteiger partial charge in [0.2, 0.25) is 0 Å². The summed E-state index contributed by atoms with van der Waals surface area (Å²) in [5.41, 5.74) is 0. The van der Waals surface area contributed by atoms with Crippen molar-refractivity contribution >= 4 is 8.25 Å². The molecule has 0 heterocycles. The van der Waals surface area contributed by atoms with E-state index in [1.807, 2.05) is 0 Å². The second kappa shape index (κ2) is 6.80. The van der Waals surface area contributed by atoms with Gasteiger partial charge in [0.05, 0.1) is 28.2 Å². The van der Waals surface area contributed by atoms with E-state index >= 15 is 0 Å². The molecular formula is C6H19NO3P+. The Morgan fingerprint density at radius 3 is 1.18 bits per heavy atom. The Hall–Kier alpha value is 0.110. The standard InChI is InChI=1S/C4H12N.C2H7O3P/c1-5(2,3)4;1-4-6(3)5-2/h1-4H3;6H,1-2H3/q+1;. The maximum atomic E-state index is 9.92. The van der Waals surface area contributed by atoms with Crippen LogP contribution in [-0.4, -0.2) is 46.9 Å². The lowest BCUT2D eigenvalue weighted by Gasteiger charge is -2.14. The zero-order valence-electron chi connectivity index (χ0n) is 8.17. The van der Waals surface area contributed by atoms with Crippen LogP contribution in [0.15, 0.2) is 0 Å². The fraction of sp³-hybridized carbons (Fsp3) is 1.00. The summed E-state index contributed by atoms with van der Waals surface area (Å²) in [7, 11) is 9.06. The third-order valence-corrected chi connectivity index (χ3v) is 1.00. The minimum absolute atomic E-state index is 1.00. The highest BCUT2D eigenvalue weighted by Gasteiger charge is 1.88. The summed E-state index contributed by atoms with van der Waals surface area (Å²) in [6.07, 6.45) is 0. The van der Waals surface area contributed by atoms with Crippen LogP contribution in [0.2, 0.25) is 0 Å². The van der Waals surface area contributed by atoms with Crippen molar-refractivity contribution in [2.75, 3.05) is 42.4 Å². The molecule has 70 valence electrons. The van der Waals surface area contributed by atoms with E-state index in [4.69, 9.17) is 0 Å². The smallest absolute Gasteiger partial charge is 0.318 e. The summed E-state index contributed by atoms with van der Waals surface area (Å²) < 4.78 is 19.4. The average molecular weight is 184 g/mol. The van der Waals surface area contributed by atoms with Gasteiger partial charge >= 0.3 is 8.25 Å². The summed E-state index contributed by atoms with van der Waals surface area (Å²) in [5, 5.41) is 0. The molecule has 0 rings (SSSR count). The molecule has 4 nitrogen and oxygen atoms in total. The van der Waals surface area contributed by atoms with Crippen LogP contribution >= 0.6 is 8.25 Å². The normalized spacial score (nSPS) is 10.8. The molecule has 0 N–H and O–H groups in total. The molecule has 0 amide bonds. The predicted molar refractivity (Wildman–Crippen MR) is 47.0 cm³/mol. The van der Waals surface area contributed by atoms with Crippen molar-refractivity contribution in [3.05, 3.63) is 0 Å². The summed E-state index contributed by atoms with van der Waals surface area (Å²) >= 11 is 0. The van der Waals surface area contributed by atoms with Crippen molar-refractivity contribution in [1.82, 2.24) is 0 Å². The summed E-state index contributed by atoms with van der Waals surface area (Å²) in [6.45, 7) is 0. The fourth-order valence-electron chi connectivity index (χ4n) is 0.0833. The van der Waals surface area contributed by atoms with Gasteiger partial charge in [-0.1, -0.05) is 0 Å². The molecule has 0 aliphatic carbocycles. The Morgan fingerprint density at radius 1 is 1.00 bits per heavy atom. The third kappa shape index (κ3) is 39.4. The lowest BCUT2D eigenvalue weighted by molar-refractivity contribution is -0.849. The molecule has 0 atom stereocenters. The van der Waals surface area contributed by atoms with Crippen molar-refractivity contribution in [2.24, 2.45) is 0 Å². The molecule has 0 saturated heterocycles. The molecule has 0 aromatic heterocycles. The number of hydrogen-bond acceptors (Lipinski definition) is 3. The number of nitrogens with zero attached hydrogens (tertiary/aromatic N) is 1. The van der Waals surface area contributed by atoms with E-state index in [1.165, 1.54) is 14.2 Å². The highest BCUT2D eigenvalue weighted by Crippen LogP contribution is 2.18. The first-order chi connectivity index (χ1) is 4.81. The molecule has 0 spiro atoms. The molecule has 0 saturated carbocycles. The van der Waals surface area contributed by atoms with Gasteiger partial charge in [-0.05, 0) is 0 Å². The van der Waals surface area contributed by atoms with Gasteiger partial charge in [0.1, 0.15) is 0 Å². The molecule has 0 aromatic carbocycles. The first-order valence-electron chi connectivity index (χ1n) is 3.22. The largest absolute Gasteiger partial charge is 0.333 e. The molecule has 0 aliphatic heterocycles. The van der Waals surface area contributed by atoms with Crippen LogP contribution in [-0.2, 0) is 13.6 Å². The van der Waals surface area contributed by atoms with E-state index in [-0.39, 0.29) is 0 Å². The van der Waals surface area contributed by atoms with E-state index in [2.05, 4.69) is 37.2 Å². The Kier molecular flexibility index (Phi) is 8.46.